The molecular formula is C19H18N2O. The zero-order valence-electron chi connectivity index (χ0n) is 12.8. The Kier molecular flexibility index (Phi) is 3.00. The average molecular weight is 290 g/mol. The fourth-order valence-electron chi connectivity index (χ4n) is 3.19. The number of hydrogen-bond acceptors (Lipinski definition) is 2. The van der Waals surface area contributed by atoms with Crippen molar-refractivity contribution >= 4 is 0 Å². The average Bonchev–Trinajstić information content (AvgIpc) is 2.99. The van der Waals surface area contributed by atoms with Gasteiger partial charge in [0, 0.05) is 16.7 Å². The molecule has 2 aromatic carbocycles. The number of methoxy groups -OCH3 is 1. The van der Waals surface area contributed by atoms with E-state index in [-0.39, 0.29) is 0 Å². The summed E-state index contributed by atoms with van der Waals surface area (Å²) in [7, 11) is 1.71. The van der Waals surface area contributed by atoms with E-state index in [2.05, 4.69) is 53.5 Å². The van der Waals surface area contributed by atoms with Crippen molar-refractivity contribution in [2.24, 2.45) is 0 Å². The molecule has 0 unspecified atom stereocenters. The highest BCUT2D eigenvalue weighted by molar-refractivity contribution is 5.78. The van der Waals surface area contributed by atoms with Crippen LogP contribution in [0.4, 0.5) is 0 Å². The standard InChI is InChI=1S/C19H18N2O/c1-12-3-5-13(6-4-12)18-17-9-7-14-11-15(22-2)8-10-16(14)19(17)21-20-18/h3-6,8,10-11H,7,9H2,1-2H3,(H,20,21). The van der Waals surface area contributed by atoms with E-state index in [4.69, 9.17) is 4.74 Å². The zero-order valence-corrected chi connectivity index (χ0v) is 12.8. The Bertz CT molecular complexity index is 831. The summed E-state index contributed by atoms with van der Waals surface area (Å²) in [6, 6.07) is 14.8. The molecule has 0 aliphatic heterocycles. The van der Waals surface area contributed by atoms with Crippen LogP contribution in [0.15, 0.2) is 42.5 Å². The molecule has 4 rings (SSSR count). The van der Waals surface area contributed by atoms with Crippen molar-refractivity contribution in [1.29, 1.82) is 0 Å². The van der Waals surface area contributed by atoms with Crippen LogP contribution in [0.2, 0.25) is 0 Å². The van der Waals surface area contributed by atoms with Gasteiger partial charge in [0.15, 0.2) is 0 Å². The first-order valence-electron chi connectivity index (χ1n) is 7.58. The van der Waals surface area contributed by atoms with Crippen molar-refractivity contribution in [2.75, 3.05) is 7.11 Å². The minimum atomic E-state index is 0.917. The largest absolute Gasteiger partial charge is 0.497 e. The maximum Gasteiger partial charge on any atom is 0.119 e. The number of benzene rings is 2. The van der Waals surface area contributed by atoms with Crippen molar-refractivity contribution in [3.8, 4) is 28.3 Å². The second-order valence-electron chi connectivity index (χ2n) is 5.81. The molecule has 0 saturated heterocycles. The molecule has 1 heterocycles. The second-order valence-corrected chi connectivity index (χ2v) is 5.81. The Balaban J connectivity index is 1.82. The Labute approximate surface area is 130 Å². The smallest absolute Gasteiger partial charge is 0.119 e. The number of aromatic nitrogens is 2. The van der Waals surface area contributed by atoms with Gasteiger partial charge in [-0.1, -0.05) is 29.8 Å². The number of aromatic amines is 1. The number of rotatable bonds is 2. The summed E-state index contributed by atoms with van der Waals surface area (Å²) in [4.78, 5) is 0. The molecular weight excluding hydrogens is 272 g/mol. The number of aryl methyl sites for hydroxylation is 2. The maximum absolute atomic E-state index is 5.33. The topological polar surface area (TPSA) is 37.9 Å². The molecule has 1 N–H and O–H groups in total. The summed E-state index contributed by atoms with van der Waals surface area (Å²) >= 11 is 0. The number of hydrogen-bond donors (Lipinski definition) is 1. The van der Waals surface area contributed by atoms with Crippen molar-refractivity contribution in [1.82, 2.24) is 10.2 Å². The highest BCUT2D eigenvalue weighted by Crippen LogP contribution is 2.38. The van der Waals surface area contributed by atoms with Gasteiger partial charge in [-0.3, -0.25) is 5.10 Å². The van der Waals surface area contributed by atoms with E-state index in [9.17, 15) is 0 Å². The van der Waals surface area contributed by atoms with E-state index in [0.29, 0.717) is 0 Å². The minimum Gasteiger partial charge on any atom is -0.497 e. The first-order valence-corrected chi connectivity index (χ1v) is 7.58. The van der Waals surface area contributed by atoms with Gasteiger partial charge in [0.2, 0.25) is 0 Å². The summed E-state index contributed by atoms with van der Waals surface area (Å²) in [5.41, 5.74) is 8.57. The molecule has 22 heavy (non-hydrogen) atoms. The van der Waals surface area contributed by atoms with Crippen molar-refractivity contribution in [2.45, 2.75) is 19.8 Å². The van der Waals surface area contributed by atoms with Crippen LogP contribution in [-0.2, 0) is 12.8 Å². The molecule has 0 spiro atoms. The molecule has 0 bridgehead atoms. The third-order valence-electron chi connectivity index (χ3n) is 4.42. The molecule has 3 heteroatoms. The summed E-state index contributed by atoms with van der Waals surface area (Å²) in [5.74, 6) is 0.917. The van der Waals surface area contributed by atoms with Crippen LogP contribution in [-0.4, -0.2) is 17.3 Å². The van der Waals surface area contributed by atoms with Gasteiger partial charge in [-0.25, -0.2) is 0 Å². The summed E-state index contributed by atoms with van der Waals surface area (Å²) in [5, 5.41) is 7.83. The molecule has 3 aromatic rings. The van der Waals surface area contributed by atoms with Gasteiger partial charge in [0.1, 0.15) is 5.75 Å². The fourth-order valence-corrected chi connectivity index (χ4v) is 3.19. The minimum absolute atomic E-state index is 0.917. The van der Waals surface area contributed by atoms with Crippen molar-refractivity contribution < 1.29 is 4.74 Å². The van der Waals surface area contributed by atoms with Crippen molar-refractivity contribution in [3.63, 3.8) is 0 Å². The SMILES string of the molecule is COc1ccc2c(c1)CCc1c(-c3ccc(C)cc3)n[nH]c1-2. The number of nitrogens with zero attached hydrogens (tertiary/aromatic N) is 1. The van der Waals surface area contributed by atoms with Gasteiger partial charge in [0.05, 0.1) is 18.5 Å². The molecule has 0 amide bonds. The lowest BCUT2D eigenvalue weighted by molar-refractivity contribution is 0.414. The van der Waals surface area contributed by atoms with Crippen LogP contribution in [0, 0.1) is 6.92 Å². The van der Waals surface area contributed by atoms with E-state index in [1.54, 1.807) is 7.11 Å². The summed E-state index contributed by atoms with van der Waals surface area (Å²) < 4.78 is 5.33. The lowest BCUT2D eigenvalue weighted by atomic mass is 9.88. The van der Waals surface area contributed by atoms with E-state index in [0.717, 1.165) is 30.0 Å². The van der Waals surface area contributed by atoms with Crippen LogP contribution in [0.5, 0.6) is 5.75 Å². The molecule has 0 atom stereocenters. The normalized spacial score (nSPS) is 12.6. The van der Waals surface area contributed by atoms with Gasteiger partial charge < -0.3 is 4.74 Å². The van der Waals surface area contributed by atoms with E-state index in [1.807, 2.05) is 6.07 Å². The number of nitrogens with one attached hydrogen (secondary N) is 1. The van der Waals surface area contributed by atoms with Crippen LogP contribution in [0.3, 0.4) is 0 Å². The number of fused-ring (bicyclic) bond motifs is 3. The predicted molar refractivity (Wildman–Crippen MR) is 88.2 cm³/mol. The van der Waals surface area contributed by atoms with Crippen LogP contribution in [0.1, 0.15) is 16.7 Å². The lowest BCUT2D eigenvalue weighted by Crippen LogP contribution is -2.03. The fraction of sp³-hybridized carbons (Fsp3) is 0.211. The van der Waals surface area contributed by atoms with Gasteiger partial charge in [-0.05, 0) is 43.5 Å². The summed E-state index contributed by atoms with van der Waals surface area (Å²) in [6.07, 6.45) is 2.03. The Morgan fingerprint density at radius 3 is 2.64 bits per heavy atom. The zero-order chi connectivity index (χ0) is 15.1. The van der Waals surface area contributed by atoms with Crippen molar-refractivity contribution in [3.05, 3.63) is 59.2 Å². The predicted octanol–water partition coefficient (Wildman–Crippen LogP) is 4.16. The molecule has 0 fully saturated rings. The molecule has 1 aliphatic rings. The molecule has 3 nitrogen and oxygen atoms in total. The first-order chi connectivity index (χ1) is 10.8. The van der Waals surface area contributed by atoms with Gasteiger partial charge in [-0.15, -0.1) is 0 Å². The third kappa shape index (κ3) is 2.01. The number of H-pyrrole nitrogens is 1. The van der Waals surface area contributed by atoms with Crippen LogP contribution < -0.4 is 4.74 Å². The monoisotopic (exact) mass is 290 g/mol. The highest BCUT2D eigenvalue weighted by Gasteiger charge is 2.22. The van der Waals surface area contributed by atoms with Crippen LogP contribution >= 0.6 is 0 Å². The number of ether oxygens (including phenoxy) is 1. The molecule has 1 aromatic heterocycles. The van der Waals surface area contributed by atoms with Gasteiger partial charge in [-0.2, -0.15) is 5.10 Å². The first kappa shape index (κ1) is 13.1. The van der Waals surface area contributed by atoms with Gasteiger partial charge >= 0.3 is 0 Å². The molecule has 0 radical (unpaired) electrons. The maximum atomic E-state index is 5.33. The quantitative estimate of drug-likeness (QED) is 0.769. The Morgan fingerprint density at radius 1 is 1.05 bits per heavy atom. The van der Waals surface area contributed by atoms with E-state index >= 15 is 0 Å². The lowest BCUT2D eigenvalue weighted by Gasteiger charge is -2.17. The molecule has 110 valence electrons. The third-order valence-corrected chi connectivity index (χ3v) is 4.42. The second kappa shape index (κ2) is 5.02. The van der Waals surface area contributed by atoms with E-state index < -0.39 is 0 Å². The molecule has 1 aliphatic carbocycles. The Hall–Kier alpha value is -2.55. The van der Waals surface area contributed by atoms with E-state index in [1.165, 1.54) is 27.8 Å². The molecule has 0 saturated carbocycles. The Morgan fingerprint density at radius 2 is 1.86 bits per heavy atom. The van der Waals surface area contributed by atoms with Gasteiger partial charge in [0.25, 0.3) is 0 Å². The highest BCUT2D eigenvalue weighted by atomic mass is 16.5. The van der Waals surface area contributed by atoms with Crippen LogP contribution in [0.25, 0.3) is 22.5 Å². The summed E-state index contributed by atoms with van der Waals surface area (Å²) in [6.45, 7) is 2.10.